The topological polar surface area (TPSA) is 51.2 Å². The maximum atomic E-state index is 12.7. The summed E-state index contributed by atoms with van der Waals surface area (Å²) in [6, 6.07) is 7.50. The van der Waals surface area contributed by atoms with Crippen molar-refractivity contribution in [2.24, 2.45) is 5.92 Å². The van der Waals surface area contributed by atoms with Crippen molar-refractivity contribution in [2.75, 3.05) is 52.5 Å². The number of hydrogen-bond donors (Lipinski definition) is 0. The molecule has 6 nitrogen and oxygen atoms in total. The molecule has 0 aliphatic carbocycles. The minimum Gasteiger partial charge on any atom is -0.485 e. The summed E-state index contributed by atoms with van der Waals surface area (Å²) in [4.78, 5) is 17.0. The number of nitrogens with zero attached hydrogens (tertiary/aromatic N) is 2. The molecule has 0 unspecified atom stereocenters. The molecule has 0 N–H and O–H groups in total. The Hall–Kier alpha value is -1.79. The summed E-state index contributed by atoms with van der Waals surface area (Å²) >= 11 is 0. The average Bonchev–Trinajstić information content (AvgIpc) is 3.14. The van der Waals surface area contributed by atoms with Crippen LogP contribution in [0.2, 0.25) is 0 Å². The lowest BCUT2D eigenvalue weighted by Gasteiger charge is -2.37. The number of fused-ring (bicyclic) bond motifs is 1. The van der Waals surface area contributed by atoms with Crippen LogP contribution < -0.4 is 9.47 Å². The quantitative estimate of drug-likeness (QED) is 0.827. The molecule has 2 fully saturated rings. The van der Waals surface area contributed by atoms with E-state index in [1.807, 2.05) is 29.2 Å². The maximum absolute atomic E-state index is 12.7. The third kappa shape index (κ3) is 3.35. The van der Waals surface area contributed by atoms with Crippen LogP contribution in [0.1, 0.15) is 6.42 Å². The fourth-order valence-electron chi connectivity index (χ4n) is 3.59. The first kappa shape index (κ1) is 15.7. The van der Waals surface area contributed by atoms with E-state index >= 15 is 0 Å². The molecular weight excluding hydrogens is 308 g/mol. The Labute approximate surface area is 142 Å². The highest BCUT2D eigenvalue weighted by atomic mass is 16.6. The predicted octanol–water partition coefficient (Wildman–Crippen LogP) is 1.01. The number of benzene rings is 1. The Morgan fingerprint density at radius 1 is 1.08 bits per heavy atom. The Morgan fingerprint density at radius 3 is 2.62 bits per heavy atom. The normalized spacial score (nSPS) is 27.2. The Morgan fingerprint density at radius 2 is 1.88 bits per heavy atom. The third-order valence-corrected chi connectivity index (χ3v) is 5.01. The molecule has 0 bridgehead atoms. The minimum absolute atomic E-state index is 0.0355. The average molecular weight is 332 g/mol. The molecule has 6 heteroatoms. The lowest BCUT2D eigenvalue weighted by Crippen LogP contribution is -2.54. The smallest absolute Gasteiger partial charge is 0.267 e. The molecule has 1 aromatic rings. The second-order valence-electron chi connectivity index (χ2n) is 6.72. The van der Waals surface area contributed by atoms with Gasteiger partial charge in [-0.25, -0.2) is 0 Å². The molecule has 3 aliphatic rings. The van der Waals surface area contributed by atoms with E-state index < -0.39 is 6.10 Å². The van der Waals surface area contributed by atoms with Gasteiger partial charge in [-0.15, -0.1) is 0 Å². The van der Waals surface area contributed by atoms with Crippen LogP contribution in [-0.2, 0) is 9.53 Å². The molecule has 24 heavy (non-hydrogen) atoms. The number of piperazine rings is 1. The van der Waals surface area contributed by atoms with Crippen LogP contribution in [0.25, 0.3) is 0 Å². The standard InChI is InChI=1S/C18H24N2O4/c21-18(17-13-23-15-3-1-2-4-16(15)24-17)20-8-6-19(7-9-20)11-14-5-10-22-12-14/h1-4,14,17H,5-13H2/t14-,17+/m1/s1. The zero-order valence-electron chi connectivity index (χ0n) is 13.9. The van der Waals surface area contributed by atoms with E-state index in [2.05, 4.69) is 4.90 Å². The second-order valence-corrected chi connectivity index (χ2v) is 6.72. The van der Waals surface area contributed by atoms with E-state index in [0.29, 0.717) is 17.4 Å². The highest BCUT2D eigenvalue weighted by Crippen LogP contribution is 2.31. The number of carbonyl (C=O) groups is 1. The lowest BCUT2D eigenvalue weighted by molar-refractivity contribution is -0.143. The van der Waals surface area contributed by atoms with Crippen molar-refractivity contribution in [3.8, 4) is 11.5 Å². The molecule has 0 spiro atoms. The first-order chi connectivity index (χ1) is 11.8. The van der Waals surface area contributed by atoms with Gasteiger partial charge in [0.25, 0.3) is 5.91 Å². The van der Waals surface area contributed by atoms with Crippen LogP contribution >= 0.6 is 0 Å². The summed E-state index contributed by atoms with van der Waals surface area (Å²) < 4.78 is 16.9. The summed E-state index contributed by atoms with van der Waals surface area (Å²) in [6.07, 6.45) is 0.626. The maximum Gasteiger partial charge on any atom is 0.267 e. The molecular formula is C18H24N2O4. The van der Waals surface area contributed by atoms with Crippen LogP contribution in [0.5, 0.6) is 11.5 Å². The largest absolute Gasteiger partial charge is 0.485 e. The van der Waals surface area contributed by atoms with Gasteiger partial charge in [0.2, 0.25) is 6.10 Å². The van der Waals surface area contributed by atoms with Gasteiger partial charge in [-0.05, 0) is 24.5 Å². The molecule has 130 valence electrons. The summed E-state index contributed by atoms with van der Waals surface area (Å²) in [5.74, 6) is 2.05. The van der Waals surface area contributed by atoms with Crippen molar-refractivity contribution in [3.05, 3.63) is 24.3 Å². The highest BCUT2D eigenvalue weighted by Gasteiger charge is 2.33. The molecule has 1 amide bonds. The van der Waals surface area contributed by atoms with Crippen LogP contribution in [0, 0.1) is 5.92 Å². The number of hydrogen-bond acceptors (Lipinski definition) is 5. The molecule has 3 heterocycles. The molecule has 2 atom stereocenters. The molecule has 0 saturated carbocycles. The van der Waals surface area contributed by atoms with E-state index in [9.17, 15) is 4.79 Å². The van der Waals surface area contributed by atoms with E-state index in [1.54, 1.807) is 0 Å². The number of para-hydroxylation sites is 2. The third-order valence-electron chi connectivity index (χ3n) is 5.01. The first-order valence-electron chi connectivity index (χ1n) is 8.77. The van der Waals surface area contributed by atoms with Crippen LogP contribution in [0.15, 0.2) is 24.3 Å². The highest BCUT2D eigenvalue weighted by molar-refractivity contribution is 5.82. The van der Waals surface area contributed by atoms with Crippen LogP contribution in [-0.4, -0.2) is 74.4 Å². The molecule has 1 aromatic carbocycles. The number of amides is 1. The van der Waals surface area contributed by atoms with Crippen molar-refractivity contribution in [3.63, 3.8) is 0 Å². The molecule has 4 rings (SSSR count). The SMILES string of the molecule is O=C([C@@H]1COc2ccccc2O1)N1CCN(C[C@H]2CCOC2)CC1. The summed E-state index contributed by atoms with van der Waals surface area (Å²) in [5, 5.41) is 0. The fourth-order valence-corrected chi connectivity index (χ4v) is 3.59. The van der Waals surface area contributed by atoms with Gasteiger partial charge in [0.1, 0.15) is 6.61 Å². The van der Waals surface area contributed by atoms with Crippen LogP contribution in [0.4, 0.5) is 0 Å². The van der Waals surface area contributed by atoms with Gasteiger partial charge in [-0.3, -0.25) is 9.69 Å². The van der Waals surface area contributed by atoms with E-state index in [1.165, 1.54) is 0 Å². The Kier molecular flexibility index (Phi) is 4.58. The van der Waals surface area contributed by atoms with Crippen LogP contribution in [0.3, 0.4) is 0 Å². The van der Waals surface area contributed by atoms with Gasteiger partial charge in [-0.1, -0.05) is 12.1 Å². The molecule has 3 aliphatic heterocycles. The number of rotatable bonds is 3. The van der Waals surface area contributed by atoms with Crippen molar-refractivity contribution in [2.45, 2.75) is 12.5 Å². The first-order valence-corrected chi connectivity index (χ1v) is 8.77. The monoisotopic (exact) mass is 332 g/mol. The van der Waals surface area contributed by atoms with E-state index in [4.69, 9.17) is 14.2 Å². The lowest BCUT2D eigenvalue weighted by atomic mass is 10.1. The summed E-state index contributed by atoms with van der Waals surface area (Å²) in [6.45, 7) is 6.50. The number of carbonyl (C=O) groups excluding carboxylic acids is 1. The predicted molar refractivity (Wildman–Crippen MR) is 88.3 cm³/mol. The van der Waals surface area contributed by atoms with Crippen molar-refractivity contribution >= 4 is 5.91 Å². The zero-order valence-corrected chi connectivity index (χ0v) is 13.9. The molecule has 0 radical (unpaired) electrons. The van der Waals surface area contributed by atoms with Gasteiger partial charge in [0.15, 0.2) is 11.5 Å². The molecule has 0 aromatic heterocycles. The fraction of sp³-hybridized carbons (Fsp3) is 0.611. The van der Waals surface area contributed by atoms with Crippen molar-refractivity contribution in [1.82, 2.24) is 9.80 Å². The molecule has 2 saturated heterocycles. The van der Waals surface area contributed by atoms with Crippen molar-refractivity contribution < 1.29 is 19.0 Å². The van der Waals surface area contributed by atoms with Gasteiger partial charge in [-0.2, -0.15) is 0 Å². The van der Waals surface area contributed by atoms with E-state index in [-0.39, 0.29) is 12.5 Å². The second kappa shape index (κ2) is 6.99. The van der Waals surface area contributed by atoms with E-state index in [0.717, 1.165) is 52.4 Å². The van der Waals surface area contributed by atoms with Gasteiger partial charge in [0.05, 0.1) is 6.61 Å². The van der Waals surface area contributed by atoms with Gasteiger partial charge in [0, 0.05) is 39.3 Å². The minimum atomic E-state index is -0.533. The Bertz CT molecular complexity index is 580. The number of ether oxygens (including phenoxy) is 3. The van der Waals surface area contributed by atoms with Gasteiger partial charge >= 0.3 is 0 Å². The van der Waals surface area contributed by atoms with Crippen molar-refractivity contribution in [1.29, 1.82) is 0 Å². The summed E-state index contributed by atoms with van der Waals surface area (Å²) in [5.41, 5.74) is 0. The summed E-state index contributed by atoms with van der Waals surface area (Å²) in [7, 11) is 0. The van der Waals surface area contributed by atoms with Gasteiger partial charge < -0.3 is 19.1 Å². The Balaban J connectivity index is 1.29. The zero-order chi connectivity index (χ0) is 16.4.